The van der Waals surface area contributed by atoms with Crippen LogP contribution in [0.2, 0.25) is 0 Å². The van der Waals surface area contributed by atoms with Crippen molar-refractivity contribution in [1.29, 1.82) is 0 Å². The highest BCUT2D eigenvalue weighted by Crippen LogP contribution is 2.15. The lowest BCUT2D eigenvalue weighted by Crippen LogP contribution is -2.06. The Kier molecular flexibility index (Phi) is 3.93. The van der Waals surface area contributed by atoms with Gasteiger partial charge in [0.05, 0.1) is 12.3 Å². The lowest BCUT2D eigenvalue weighted by atomic mass is 10.1. The largest absolute Gasteiger partial charge is 0.481 e. The second-order valence-corrected chi connectivity index (χ2v) is 4.73. The fraction of sp³-hybridized carbons (Fsp3) is 0.273. The molecule has 0 bridgehead atoms. The Morgan fingerprint density at radius 1 is 1.50 bits per heavy atom. The number of hydrogen-bond donors (Lipinski definition) is 1. The molecule has 0 atom stereocenters. The maximum absolute atomic E-state index is 10.5. The molecule has 0 saturated heterocycles. The molecule has 6 nitrogen and oxygen atoms in total. The standard InChI is InChI=1S/C11H12N4O2S/c1-8-3-2-4-9(5-8)6-15-11(12-13-14-15)18-7-10(16)17/h2-5H,6-7H2,1H3,(H,16,17). The van der Waals surface area contributed by atoms with Crippen LogP contribution in [0, 0.1) is 6.92 Å². The summed E-state index contributed by atoms with van der Waals surface area (Å²) in [6, 6.07) is 8.02. The minimum atomic E-state index is -0.884. The Balaban J connectivity index is 2.10. The Morgan fingerprint density at radius 3 is 3.06 bits per heavy atom. The molecular formula is C11H12N4O2S. The van der Waals surface area contributed by atoms with Crippen LogP contribution in [0.15, 0.2) is 29.4 Å². The molecule has 1 N–H and O–H groups in total. The van der Waals surface area contributed by atoms with E-state index in [-0.39, 0.29) is 5.75 Å². The van der Waals surface area contributed by atoms with Gasteiger partial charge in [0.25, 0.3) is 0 Å². The summed E-state index contributed by atoms with van der Waals surface area (Å²) in [4.78, 5) is 10.5. The van der Waals surface area contributed by atoms with Crippen LogP contribution in [0.3, 0.4) is 0 Å². The van der Waals surface area contributed by atoms with E-state index in [1.165, 1.54) is 5.56 Å². The first-order valence-electron chi connectivity index (χ1n) is 5.31. The Bertz CT molecular complexity index is 555. The number of carboxylic acid groups (broad SMARTS) is 1. The summed E-state index contributed by atoms with van der Waals surface area (Å²) in [5, 5.41) is 20.4. The molecule has 0 radical (unpaired) electrons. The molecule has 0 aliphatic rings. The fourth-order valence-corrected chi connectivity index (χ4v) is 2.11. The number of aryl methyl sites for hydroxylation is 1. The maximum atomic E-state index is 10.5. The molecule has 0 aliphatic carbocycles. The third-order valence-corrected chi connectivity index (χ3v) is 3.18. The Hall–Kier alpha value is -1.89. The average Bonchev–Trinajstić information content (AvgIpc) is 2.74. The van der Waals surface area contributed by atoms with Crippen LogP contribution in [0.4, 0.5) is 0 Å². The van der Waals surface area contributed by atoms with Gasteiger partial charge in [-0.15, -0.1) is 5.10 Å². The minimum absolute atomic E-state index is 0.0474. The van der Waals surface area contributed by atoms with E-state index in [0.717, 1.165) is 17.3 Å². The van der Waals surface area contributed by atoms with Crippen molar-refractivity contribution in [3.8, 4) is 0 Å². The van der Waals surface area contributed by atoms with E-state index in [0.29, 0.717) is 11.7 Å². The lowest BCUT2D eigenvalue weighted by Gasteiger charge is -2.04. The first-order chi connectivity index (χ1) is 8.65. The van der Waals surface area contributed by atoms with Crippen molar-refractivity contribution in [2.24, 2.45) is 0 Å². The zero-order valence-corrected chi connectivity index (χ0v) is 10.6. The molecule has 2 rings (SSSR count). The number of aromatic nitrogens is 4. The first kappa shape index (κ1) is 12.6. The van der Waals surface area contributed by atoms with Crippen LogP contribution in [0.25, 0.3) is 0 Å². The summed E-state index contributed by atoms with van der Waals surface area (Å²) in [5.41, 5.74) is 2.25. The number of hydrogen-bond acceptors (Lipinski definition) is 5. The monoisotopic (exact) mass is 264 g/mol. The Morgan fingerprint density at radius 2 is 2.33 bits per heavy atom. The number of carbonyl (C=O) groups is 1. The molecule has 0 amide bonds. The van der Waals surface area contributed by atoms with E-state index < -0.39 is 5.97 Å². The second-order valence-electron chi connectivity index (χ2n) is 3.79. The number of nitrogens with zero attached hydrogens (tertiary/aromatic N) is 4. The van der Waals surface area contributed by atoms with Gasteiger partial charge in [0, 0.05) is 0 Å². The van der Waals surface area contributed by atoms with Gasteiger partial charge in [0.1, 0.15) is 0 Å². The van der Waals surface area contributed by atoms with Gasteiger partial charge in [-0.05, 0) is 22.9 Å². The van der Waals surface area contributed by atoms with Gasteiger partial charge in [-0.1, -0.05) is 41.6 Å². The van der Waals surface area contributed by atoms with Crippen molar-refractivity contribution in [1.82, 2.24) is 20.2 Å². The summed E-state index contributed by atoms with van der Waals surface area (Å²) in [7, 11) is 0. The lowest BCUT2D eigenvalue weighted by molar-refractivity contribution is -0.133. The second kappa shape index (κ2) is 5.63. The molecule has 1 aromatic heterocycles. The number of aliphatic carboxylic acids is 1. The SMILES string of the molecule is Cc1cccc(Cn2nnnc2SCC(=O)O)c1. The summed E-state index contributed by atoms with van der Waals surface area (Å²) >= 11 is 1.11. The summed E-state index contributed by atoms with van der Waals surface area (Å²) in [6.45, 7) is 2.56. The summed E-state index contributed by atoms with van der Waals surface area (Å²) in [5.74, 6) is -0.932. The third-order valence-electron chi connectivity index (χ3n) is 2.24. The zero-order valence-electron chi connectivity index (χ0n) is 9.78. The van der Waals surface area contributed by atoms with Gasteiger partial charge in [-0.25, -0.2) is 4.68 Å². The molecular weight excluding hydrogens is 252 g/mol. The fourth-order valence-electron chi connectivity index (χ4n) is 1.51. The normalized spacial score (nSPS) is 10.5. The van der Waals surface area contributed by atoms with Crippen molar-refractivity contribution in [2.45, 2.75) is 18.6 Å². The smallest absolute Gasteiger partial charge is 0.313 e. The number of carboxylic acids is 1. The highest BCUT2D eigenvalue weighted by atomic mass is 32.2. The minimum Gasteiger partial charge on any atom is -0.481 e. The van der Waals surface area contributed by atoms with Gasteiger partial charge in [0.2, 0.25) is 5.16 Å². The molecule has 1 aromatic carbocycles. The van der Waals surface area contributed by atoms with Gasteiger partial charge in [-0.3, -0.25) is 4.79 Å². The third kappa shape index (κ3) is 3.30. The van der Waals surface area contributed by atoms with E-state index in [4.69, 9.17) is 5.11 Å². The van der Waals surface area contributed by atoms with Crippen molar-refractivity contribution in [2.75, 3.05) is 5.75 Å². The van der Waals surface area contributed by atoms with Gasteiger partial charge in [-0.2, -0.15) is 0 Å². The molecule has 18 heavy (non-hydrogen) atoms. The van der Waals surface area contributed by atoms with Crippen molar-refractivity contribution < 1.29 is 9.90 Å². The first-order valence-corrected chi connectivity index (χ1v) is 6.30. The van der Waals surface area contributed by atoms with E-state index in [9.17, 15) is 4.79 Å². The van der Waals surface area contributed by atoms with Crippen molar-refractivity contribution in [3.05, 3.63) is 35.4 Å². The summed E-state index contributed by atoms with van der Waals surface area (Å²) in [6.07, 6.45) is 0. The molecule has 0 spiro atoms. The van der Waals surface area contributed by atoms with Crippen LogP contribution < -0.4 is 0 Å². The van der Waals surface area contributed by atoms with Crippen LogP contribution in [-0.2, 0) is 11.3 Å². The molecule has 1 heterocycles. The molecule has 0 saturated carbocycles. The van der Waals surface area contributed by atoms with Crippen LogP contribution in [-0.4, -0.2) is 37.0 Å². The van der Waals surface area contributed by atoms with Crippen LogP contribution in [0.5, 0.6) is 0 Å². The quantitative estimate of drug-likeness (QED) is 0.817. The average molecular weight is 264 g/mol. The van der Waals surface area contributed by atoms with Gasteiger partial charge < -0.3 is 5.11 Å². The van der Waals surface area contributed by atoms with E-state index in [2.05, 4.69) is 15.5 Å². The predicted octanol–water partition coefficient (Wildman–Crippen LogP) is 1.21. The van der Waals surface area contributed by atoms with Crippen LogP contribution in [0.1, 0.15) is 11.1 Å². The van der Waals surface area contributed by atoms with Crippen molar-refractivity contribution in [3.63, 3.8) is 0 Å². The van der Waals surface area contributed by atoms with Gasteiger partial charge in [0.15, 0.2) is 0 Å². The highest BCUT2D eigenvalue weighted by molar-refractivity contribution is 7.99. The molecule has 94 valence electrons. The van der Waals surface area contributed by atoms with Gasteiger partial charge >= 0.3 is 5.97 Å². The maximum Gasteiger partial charge on any atom is 0.313 e. The van der Waals surface area contributed by atoms with E-state index >= 15 is 0 Å². The van der Waals surface area contributed by atoms with Crippen LogP contribution >= 0.6 is 11.8 Å². The predicted molar refractivity (Wildman–Crippen MR) is 66.5 cm³/mol. The number of thioether (sulfide) groups is 1. The number of rotatable bonds is 5. The van der Waals surface area contributed by atoms with E-state index in [1.54, 1.807) is 4.68 Å². The summed E-state index contributed by atoms with van der Waals surface area (Å²) < 4.78 is 1.60. The number of tetrazole rings is 1. The number of benzene rings is 1. The molecule has 0 unspecified atom stereocenters. The molecule has 2 aromatic rings. The molecule has 0 fully saturated rings. The van der Waals surface area contributed by atoms with E-state index in [1.807, 2.05) is 31.2 Å². The Labute approximate surface area is 108 Å². The topological polar surface area (TPSA) is 80.9 Å². The van der Waals surface area contributed by atoms with Crippen molar-refractivity contribution >= 4 is 17.7 Å². The molecule has 7 heteroatoms. The zero-order chi connectivity index (χ0) is 13.0. The highest BCUT2D eigenvalue weighted by Gasteiger charge is 2.09. The molecule has 0 aliphatic heterocycles.